The quantitative estimate of drug-likeness (QED) is 0.496. The Morgan fingerprint density at radius 3 is 3.38 bits per heavy atom. The molecule has 0 aliphatic carbocycles. The van der Waals surface area contributed by atoms with Crippen molar-refractivity contribution in [2.24, 2.45) is 4.40 Å². The highest BCUT2D eigenvalue weighted by Crippen LogP contribution is 2.21. The van der Waals surface area contributed by atoms with Gasteiger partial charge in [0.25, 0.3) is 0 Å². The molecule has 0 saturated heterocycles. The van der Waals surface area contributed by atoms with Gasteiger partial charge in [0, 0.05) is 12.6 Å². The molecule has 1 aromatic rings. The first-order chi connectivity index (χ1) is 6.42. The fraction of sp³-hybridized carbons (Fsp3) is 0.250. The van der Waals surface area contributed by atoms with Crippen molar-refractivity contribution in [2.45, 2.75) is 6.42 Å². The van der Waals surface area contributed by atoms with Gasteiger partial charge in [-0.3, -0.25) is 4.98 Å². The van der Waals surface area contributed by atoms with E-state index in [1.165, 1.54) is 0 Å². The van der Waals surface area contributed by atoms with E-state index in [1.54, 1.807) is 12.3 Å². The van der Waals surface area contributed by atoms with Crippen LogP contribution in [-0.4, -0.2) is 17.3 Å². The summed E-state index contributed by atoms with van der Waals surface area (Å²) in [6.45, 7) is 0.568. The van der Waals surface area contributed by atoms with Gasteiger partial charge in [-0.1, -0.05) is 0 Å². The number of hydrogen-bond donors (Lipinski definition) is 0. The lowest BCUT2D eigenvalue weighted by Gasteiger charge is -2.14. The second-order valence-corrected chi connectivity index (χ2v) is 2.89. The van der Waals surface area contributed by atoms with Crippen molar-refractivity contribution in [3.05, 3.63) is 24.0 Å². The third-order valence-corrected chi connectivity index (χ3v) is 2.08. The Morgan fingerprint density at radius 2 is 2.54 bits per heavy atom. The predicted molar refractivity (Wildman–Crippen MR) is 48.9 cm³/mol. The van der Waals surface area contributed by atoms with Crippen molar-refractivity contribution in [3.8, 4) is 5.75 Å². The van der Waals surface area contributed by atoms with Gasteiger partial charge in [0.05, 0.1) is 15.2 Å². The van der Waals surface area contributed by atoms with E-state index in [1.807, 2.05) is 6.07 Å². The van der Waals surface area contributed by atoms with Crippen LogP contribution in [0.2, 0.25) is 0 Å². The van der Waals surface area contributed by atoms with Gasteiger partial charge in [-0.15, -0.1) is 0 Å². The molecule has 13 heavy (non-hydrogen) atoms. The van der Waals surface area contributed by atoms with Gasteiger partial charge >= 0.3 is 11.9 Å². The number of fused-ring (bicyclic) bond motifs is 1. The van der Waals surface area contributed by atoms with Crippen molar-refractivity contribution in [2.75, 3.05) is 6.61 Å². The molecule has 0 unspecified atom stereocenters. The molecule has 0 saturated carbocycles. The van der Waals surface area contributed by atoms with Crippen molar-refractivity contribution in [1.82, 2.24) is 4.98 Å². The summed E-state index contributed by atoms with van der Waals surface area (Å²) in [5.74, 6) is 0.710. The largest absolute Gasteiger partial charge is 0.652 e. The van der Waals surface area contributed by atoms with E-state index >= 15 is 0 Å². The number of nitrogens with zero attached hydrogens (tertiary/aromatic N) is 2. The van der Waals surface area contributed by atoms with E-state index in [0.717, 1.165) is 5.71 Å². The summed E-state index contributed by atoms with van der Waals surface area (Å²) in [6.07, 6.45) is 2.32. The van der Waals surface area contributed by atoms with Gasteiger partial charge in [0.15, 0.2) is 0 Å². The van der Waals surface area contributed by atoms with Crippen molar-refractivity contribution in [1.29, 1.82) is 0 Å². The molecular formula is C8H7N2O2S+. The van der Waals surface area contributed by atoms with E-state index in [-0.39, 0.29) is 11.9 Å². The highest BCUT2D eigenvalue weighted by atomic mass is 32.2. The maximum Gasteiger partial charge on any atom is 0.652 e. The lowest BCUT2D eigenvalue weighted by molar-refractivity contribution is 0.318. The van der Waals surface area contributed by atoms with Crippen LogP contribution in [0.15, 0.2) is 22.7 Å². The summed E-state index contributed by atoms with van der Waals surface area (Å²) in [4.78, 5) is 4.11. The van der Waals surface area contributed by atoms with E-state index in [0.29, 0.717) is 24.5 Å². The van der Waals surface area contributed by atoms with Crippen LogP contribution in [-0.2, 0) is 16.1 Å². The number of pyridine rings is 1. The molecule has 0 fully saturated rings. The fourth-order valence-corrected chi connectivity index (χ4v) is 1.50. The summed E-state index contributed by atoms with van der Waals surface area (Å²) in [5, 5.41) is 0. The average Bonchev–Trinajstić information content (AvgIpc) is 2.19. The molecule has 4 nitrogen and oxygen atoms in total. The van der Waals surface area contributed by atoms with Gasteiger partial charge in [-0.25, -0.2) is 0 Å². The molecule has 0 radical (unpaired) electrons. The Hall–Kier alpha value is -1.36. The summed E-state index contributed by atoms with van der Waals surface area (Å²) in [5.41, 5.74) is 1.42. The van der Waals surface area contributed by atoms with E-state index in [2.05, 4.69) is 9.38 Å². The topological polar surface area (TPSA) is 51.5 Å². The minimum atomic E-state index is 0.214. The fourth-order valence-electron chi connectivity index (χ4n) is 1.23. The van der Waals surface area contributed by atoms with Gasteiger partial charge in [0.1, 0.15) is 17.2 Å². The molecule has 0 N–H and O–H groups in total. The monoisotopic (exact) mass is 195 g/mol. The number of aromatic nitrogens is 1. The Balaban J connectivity index is 2.48. The van der Waals surface area contributed by atoms with Crippen molar-refractivity contribution >= 4 is 17.6 Å². The molecule has 2 rings (SSSR count). The molecule has 0 aromatic carbocycles. The Morgan fingerprint density at radius 1 is 1.62 bits per heavy atom. The Bertz CT molecular complexity index is 365. The maximum absolute atomic E-state index is 10.3. The van der Waals surface area contributed by atoms with Crippen LogP contribution in [0, 0.1) is 0 Å². The van der Waals surface area contributed by atoms with Crippen LogP contribution in [0.4, 0.5) is 0 Å². The molecule has 5 heteroatoms. The molecule has 2 heterocycles. The third kappa shape index (κ3) is 1.55. The highest BCUT2D eigenvalue weighted by Gasteiger charge is 2.20. The Labute approximate surface area is 79.3 Å². The second-order valence-electron chi connectivity index (χ2n) is 2.56. The zero-order valence-electron chi connectivity index (χ0n) is 6.77. The molecule has 0 amide bonds. The van der Waals surface area contributed by atoms with E-state index < -0.39 is 0 Å². The van der Waals surface area contributed by atoms with Gasteiger partial charge in [-0.05, 0) is 12.1 Å². The minimum Gasteiger partial charge on any atom is -0.491 e. The molecule has 0 spiro atoms. The minimum absolute atomic E-state index is 0.214. The summed E-state index contributed by atoms with van der Waals surface area (Å²) in [7, 11) is 0. The number of hydrogen-bond acceptors (Lipinski definition) is 3. The van der Waals surface area contributed by atoms with Crippen molar-refractivity contribution < 1.29 is 8.95 Å². The lowest BCUT2D eigenvalue weighted by Crippen LogP contribution is -2.17. The normalized spacial score (nSPS) is 17.7. The molecule has 0 bridgehead atoms. The first kappa shape index (κ1) is 8.25. The van der Waals surface area contributed by atoms with Crippen molar-refractivity contribution in [3.63, 3.8) is 0 Å². The highest BCUT2D eigenvalue weighted by molar-refractivity contribution is 7.64. The number of ether oxygens (including phenoxy) is 1. The molecule has 0 atom stereocenters. The second kappa shape index (κ2) is 3.57. The zero-order chi connectivity index (χ0) is 9.10. The van der Waals surface area contributed by atoms with Crippen LogP contribution in [0.3, 0.4) is 0 Å². The van der Waals surface area contributed by atoms with Gasteiger partial charge in [0.2, 0.25) is 0 Å². The summed E-state index contributed by atoms with van der Waals surface area (Å²) >= 11 is 0.214. The van der Waals surface area contributed by atoms with Crippen LogP contribution in [0.5, 0.6) is 5.75 Å². The smallest absolute Gasteiger partial charge is 0.491 e. The van der Waals surface area contributed by atoms with Crippen LogP contribution in [0.25, 0.3) is 0 Å². The Kier molecular flexibility index (Phi) is 2.27. The summed E-state index contributed by atoms with van der Waals surface area (Å²) < 4.78 is 19.4. The van der Waals surface area contributed by atoms with Crippen LogP contribution < -0.4 is 4.74 Å². The lowest BCUT2D eigenvalue weighted by atomic mass is 10.1. The molecule has 1 aliphatic heterocycles. The SMILES string of the molecule is O=[S+]/N=C1\CCOc2cccnc21. The molecule has 1 aromatic heterocycles. The van der Waals surface area contributed by atoms with Crippen LogP contribution >= 0.6 is 0 Å². The van der Waals surface area contributed by atoms with Gasteiger partial charge < -0.3 is 4.74 Å². The zero-order valence-corrected chi connectivity index (χ0v) is 7.58. The standard InChI is InChI=1S/C8H7N2O2S/c11-13-10-6-3-5-12-7-2-1-4-9-8(6)7/h1-2,4H,3,5H2/q+1/b10-6+. The first-order valence-electron chi connectivity index (χ1n) is 3.86. The summed E-state index contributed by atoms with van der Waals surface area (Å²) in [6, 6.07) is 3.62. The maximum atomic E-state index is 10.3. The third-order valence-electron chi connectivity index (χ3n) is 1.79. The van der Waals surface area contributed by atoms with Gasteiger partial charge in [-0.2, -0.15) is 0 Å². The molecular weight excluding hydrogens is 188 g/mol. The number of rotatable bonds is 1. The van der Waals surface area contributed by atoms with Crippen LogP contribution in [0.1, 0.15) is 12.1 Å². The average molecular weight is 195 g/mol. The van der Waals surface area contributed by atoms with E-state index in [9.17, 15) is 4.21 Å². The predicted octanol–water partition coefficient (Wildman–Crippen LogP) is 0.996. The van der Waals surface area contributed by atoms with E-state index in [4.69, 9.17) is 4.74 Å². The first-order valence-corrected chi connectivity index (χ1v) is 4.55. The molecule has 1 aliphatic rings. The molecule has 66 valence electrons.